The van der Waals surface area contributed by atoms with Crippen LogP contribution < -0.4 is 4.74 Å². The van der Waals surface area contributed by atoms with E-state index in [4.69, 9.17) is 0 Å². The third kappa shape index (κ3) is 4.22. The first kappa shape index (κ1) is 13.2. The molecule has 0 atom stereocenters. The smallest absolute Gasteiger partial charge is 0.387 e. The van der Waals surface area contributed by atoms with Crippen LogP contribution in [0.1, 0.15) is 12.5 Å². The minimum absolute atomic E-state index is 0.0510. The zero-order valence-corrected chi connectivity index (χ0v) is 9.44. The van der Waals surface area contributed by atoms with Crippen LogP contribution in [-0.4, -0.2) is 19.7 Å². The third-order valence-electron chi connectivity index (χ3n) is 2.05. The van der Waals surface area contributed by atoms with Crippen molar-refractivity contribution < 1.29 is 23.0 Å². The number of methoxy groups -OCH3 is 1. The molecule has 0 bridgehead atoms. The van der Waals surface area contributed by atoms with Gasteiger partial charge in [0, 0.05) is 6.08 Å². The zero-order chi connectivity index (χ0) is 12.8. The Labute approximate surface area is 97.7 Å². The predicted molar refractivity (Wildman–Crippen MR) is 58.7 cm³/mol. The molecule has 0 aromatic heterocycles. The number of benzene rings is 1. The van der Waals surface area contributed by atoms with Crippen LogP contribution in [0, 0.1) is 0 Å². The molecule has 0 radical (unpaired) electrons. The summed E-state index contributed by atoms with van der Waals surface area (Å²) in [7, 11) is 1.27. The van der Waals surface area contributed by atoms with Crippen molar-refractivity contribution in [1.29, 1.82) is 0 Å². The summed E-state index contributed by atoms with van der Waals surface area (Å²) in [5.74, 6) is -0.446. The Bertz CT molecular complexity index is 428. The summed E-state index contributed by atoms with van der Waals surface area (Å²) < 4.78 is 32.7. The quantitative estimate of drug-likeness (QED) is 0.601. The highest BCUT2D eigenvalue weighted by Gasteiger charge is 2.06. The highest BCUT2D eigenvalue weighted by atomic mass is 19.3. The van der Waals surface area contributed by atoms with Crippen molar-refractivity contribution in [2.75, 3.05) is 7.11 Å². The van der Waals surface area contributed by atoms with Crippen LogP contribution in [0.25, 0.3) is 5.57 Å². The highest BCUT2D eigenvalue weighted by molar-refractivity contribution is 5.90. The van der Waals surface area contributed by atoms with Gasteiger partial charge in [0.05, 0.1) is 7.11 Å². The van der Waals surface area contributed by atoms with Crippen LogP contribution >= 0.6 is 0 Å². The number of hydrogen-bond donors (Lipinski definition) is 0. The summed E-state index contributed by atoms with van der Waals surface area (Å²) in [6.45, 7) is -1.19. The predicted octanol–water partition coefficient (Wildman–Crippen LogP) is 2.86. The lowest BCUT2D eigenvalue weighted by atomic mass is 10.1. The second-order valence-corrected chi connectivity index (χ2v) is 3.26. The van der Waals surface area contributed by atoms with Gasteiger partial charge in [-0.2, -0.15) is 8.78 Å². The number of esters is 1. The van der Waals surface area contributed by atoms with E-state index in [0.29, 0.717) is 11.1 Å². The zero-order valence-electron chi connectivity index (χ0n) is 9.44. The lowest BCUT2D eigenvalue weighted by molar-refractivity contribution is -0.134. The van der Waals surface area contributed by atoms with E-state index in [2.05, 4.69) is 9.47 Å². The fourth-order valence-corrected chi connectivity index (χ4v) is 1.24. The van der Waals surface area contributed by atoms with Crippen molar-refractivity contribution >= 4 is 11.5 Å². The molecule has 1 aromatic rings. The molecule has 0 aliphatic heterocycles. The molecule has 92 valence electrons. The minimum atomic E-state index is -2.87. The number of alkyl halides is 2. The molecule has 0 aliphatic carbocycles. The number of hydrogen-bond acceptors (Lipinski definition) is 3. The Morgan fingerprint density at radius 2 is 2.12 bits per heavy atom. The molecule has 0 heterocycles. The van der Waals surface area contributed by atoms with Gasteiger partial charge >= 0.3 is 12.6 Å². The normalized spacial score (nSPS) is 11.5. The molecule has 5 heteroatoms. The molecule has 0 fully saturated rings. The molecule has 17 heavy (non-hydrogen) atoms. The number of carbonyl (C=O) groups excluding carboxylic acids is 1. The number of ether oxygens (including phenoxy) is 2. The molecule has 0 N–H and O–H groups in total. The van der Waals surface area contributed by atoms with Gasteiger partial charge < -0.3 is 9.47 Å². The molecular formula is C12H12F2O3. The summed E-state index contributed by atoms with van der Waals surface area (Å²) in [6.07, 6.45) is 1.28. The van der Waals surface area contributed by atoms with Crippen molar-refractivity contribution in [2.45, 2.75) is 13.5 Å². The van der Waals surface area contributed by atoms with E-state index >= 15 is 0 Å². The maximum atomic E-state index is 12.0. The molecule has 0 saturated carbocycles. The monoisotopic (exact) mass is 242 g/mol. The maximum absolute atomic E-state index is 12.0. The molecule has 1 aromatic carbocycles. The van der Waals surface area contributed by atoms with Crippen molar-refractivity contribution in [3.05, 3.63) is 35.9 Å². The number of halogens is 2. The lowest BCUT2D eigenvalue weighted by Crippen LogP contribution is -2.02. The fraction of sp³-hybridized carbons (Fsp3) is 0.250. The summed E-state index contributed by atoms with van der Waals surface area (Å²) in [6, 6.07) is 6.11. The molecule has 1 rings (SSSR count). The van der Waals surface area contributed by atoms with E-state index < -0.39 is 12.6 Å². The van der Waals surface area contributed by atoms with Crippen molar-refractivity contribution in [1.82, 2.24) is 0 Å². The highest BCUT2D eigenvalue weighted by Crippen LogP contribution is 2.21. The second-order valence-electron chi connectivity index (χ2n) is 3.26. The summed E-state index contributed by atoms with van der Waals surface area (Å²) in [5, 5.41) is 0. The van der Waals surface area contributed by atoms with Gasteiger partial charge in [0.15, 0.2) is 0 Å². The van der Waals surface area contributed by atoms with Crippen LogP contribution in [0.15, 0.2) is 30.3 Å². The van der Waals surface area contributed by atoms with Gasteiger partial charge in [-0.05, 0) is 30.2 Å². The average Bonchev–Trinajstić information content (AvgIpc) is 2.28. The maximum Gasteiger partial charge on any atom is 0.387 e. The standard InChI is InChI=1S/C12H12F2O3/c1-8(6-11(15)16-2)9-4-3-5-10(7-9)17-12(13)14/h3-7,12H,1-2H3/b8-6-. The second kappa shape index (κ2) is 5.98. The molecule has 0 unspecified atom stereocenters. The number of rotatable bonds is 4. The van der Waals surface area contributed by atoms with E-state index in [-0.39, 0.29) is 5.75 Å². The van der Waals surface area contributed by atoms with Crippen molar-refractivity contribution in [2.24, 2.45) is 0 Å². The summed E-state index contributed by atoms with van der Waals surface area (Å²) in [4.78, 5) is 11.0. The SMILES string of the molecule is COC(=O)/C=C(/C)c1cccc(OC(F)F)c1. The van der Waals surface area contributed by atoms with E-state index in [1.807, 2.05) is 0 Å². The van der Waals surface area contributed by atoms with E-state index in [9.17, 15) is 13.6 Å². The van der Waals surface area contributed by atoms with Crippen LogP contribution in [-0.2, 0) is 9.53 Å². The Hall–Kier alpha value is -1.91. The molecular weight excluding hydrogens is 230 g/mol. The summed E-state index contributed by atoms with van der Waals surface area (Å²) >= 11 is 0. The number of carbonyl (C=O) groups is 1. The first-order chi connectivity index (χ1) is 8.02. The molecule has 3 nitrogen and oxygen atoms in total. The molecule has 0 saturated heterocycles. The largest absolute Gasteiger partial charge is 0.466 e. The Balaban J connectivity index is 2.91. The van der Waals surface area contributed by atoms with Gasteiger partial charge in [-0.25, -0.2) is 4.79 Å². The van der Waals surface area contributed by atoms with Crippen LogP contribution in [0.3, 0.4) is 0 Å². The van der Waals surface area contributed by atoms with Gasteiger partial charge in [-0.15, -0.1) is 0 Å². The minimum Gasteiger partial charge on any atom is -0.466 e. The van der Waals surface area contributed by atoms with Crippen LogP contribution in [0.5, 0.6) is 5.75 Å². The van der Waals surface area contributed by atoms with Gasteiger partial charge in [-0.1, -0.05) is 12.1 Å². The Kier molecular flexibility index (Phi) is 4.63. The summed E-state index contributed by atoms with van der Waals surface area (Å²) in [5.41, 5.74) is 1.23. The Morgan fingerprint density at radius 3 is 2.71 bits per heavy atom. The topological polar surface area (TPSA) is 35.5 Å². The first-order valence-corrected chi connectivity index (χ1v) is 4.84. The molecule has 0 aliphatic rings. The van der Waals surface area contributed by atoms with Gasteiger partial charge in [-0.3, -0.25) is 0 Å². The average molecular weight is 242 g/mol. The fourth-order valence-electron chi connectivity index (χ4n) is 1.24. The van der Waals surface area contributed by atoms with Crippen molar-refractivity contribution in [3.63, 3.8) is 0 Å². The molecule has 0 spiro atoms. The molecule has 0 amide bonds. The Morgan fingerprint density at radius 1 is 1.41 bits per heavy atom. The van der Waals surface area contributed by atoms with E-state index in [0.717, 1.165) is 0 Å². The van der Waals surface area contributed by atoms with Gasteiger partial charge in [0.25, 0.3) is 0 Å². The number of allylic oxidation sites excluding steroid dienone is 1. The van der Waals surface area contributed by atoms with Crippen LogP contribution in [0.4, 0.5) is 8.78 Å². The van der Waals surface area contributed by atoms with Crippen molar-refractivity contribution in [3.8, 4) is 5.75 Å². The van der Waals surface area contributed by atoms with Crippen LogP contribution in [0.2, 0.25) is 0 Å². The first-order valence-electron chi connectivity index (χ1n) is 4.84. The van der Waals surface area contributed by atoms with Gasteiger partial charge in [0.2, 0.25) is 0 Å². The van der Waals surface area contributed by atoms with E-state index in [1.54, 1.807) is 19.1 Å². The third-order valence-corrected chi connectivity index (χ3v) is 2.05. The lowest BCUT2D eigenvalue weighted by Gasteiger charge is -2.06. The van der Waals surface area contributed by atoms with E-state index in [1.165, 1.54) is 25.3 Å². The van der Waals surface area contributed by atoms with Gasteiger partial charge in [0.1, 0.15) is 5.75 Å².